The minimum absolute atomic E-state index is 0.728. The highest BCUT2D eigenvalue weighted by molar-refractivity contribution is 6.05. The second-order valence-corrected chi connectivity index (χ2v) is 13.1. The van der Waals surface area contributed by atoms with Crippen molar-refractivity contribution < 1.29 is 14.2 Å². The number of aryl methyl sites for hydroxylation is 1. The van der Waals surface area contributed by atoms with Gasteiger partial charge in [0, 0.05) is 52.0 Å². The van der Waals surface area contributed by atoms with Crippen molar-refractivity contribution in [1.82, 2.24) is 0 Å². The minimum Gasteiger partial charge on any atom is -0.473 e. The quantitative estimate of drug-likeness (QED) is 0.202. The standard InChI is InChI=1S/C43H37NO3/c1-28-10-9-15-38-34(28)20-22-42(46-38)30(3)29(2)39-35-13-7-8-14-36(35)41-37(40(39)42)21-23-43(47-41,31-11-5-4-6-12-31)32-16-18-33(19-17-32)44-24-26-45-27-25-44/h4-23H,24-27H2,1-3H3. The Hall–Kier alpha value is -5.06. The molecule has 232 valence electrons. The molecule has 4 heteroatoms. The number of rotatable bonds is 3. The Morgan fingerprint density at radius 3 is 2.09 bits per heavy atom. The maximum absolute atomic E-state index is 7.49. The number of hydrogen-bond donors (Lipinski definition) is 0. The summed E-state index contributed by atoms with van der Waals surface area (Å²) in [7, 11) is 0. The van der Waals surface area contributed by atoms with Gasteiger partial charge in [-0.25, -0.2) is 0 Å². The van der Waals surface area contributed by atoms with Crippen LogP contribution < -0.4 is 14.4 Å². The SMILES string of the molecule is CC1=C(C)C2(C=Cc3c(C)cccc3O2)c2c3c(c4ccccc4c21)OC(c1ccccc1)(c1ccc(N2CCOCC2)cc1)C=C3. The van der Waals surface area contributed by atoms with E-state index in [4.69, 9.17) is 14.2 Å². The summed E-state index contributed by atoms with van der Waals surface area (Å²) in [5.74, 6) is 1.80. The van der Waals surface area contributed by atoms with Crippen LogP contribution in [0.2, 0.25) is 0 Å². The van der Waals surface area contributed by atoms with Crippen molar-refractivity contribution in [1.29, 1.82) is 0 Å². The summed E-state index contributed by atoms with van der Waals surface area (Å²) in [6, 6.07) is 34.5. The van der Waals surface area contributed by atoms with Crippen LogP contribution in [-0.2, 0) is 15.9 Å². The van der Waals surface area contributed by atoms with Crippen molar-refractivity contribution in [3.8, 4) is 11.5 Å². The van der Waals surface area contributed by atoms with Crippen LogP contribution in [0.4, 0.5) is 5.69 Å². The summed E-state index contributed by atoms with van der Waals surface area (Å²) >= 11 is 0. The number of nitrogens with zero attached hydrogens (tertiary/aromatic N) is 1. The van der Waals surface area contributed by atoms with E-state index in [2.05, 4.69) is 147 Å². The summed E-state index contributed by atoms with van der Waals surface area (Å²) < 4.78 is 20.2. The molecule has 0 aromatic heterocycles. The topological polar surface area (TPSA) is 30.9 Å². The number of fused-ring (bicyclic) bond motifs is 8. The van der Waals surface area contributed by atoms with Gasteiger partial charge in [-0.1, -0.05) is 91.0 Å². The Kier molecular flexibility index (Phi) is 6.28. The van der Waals surface area contributed by atoms with Gasteiger partial charge in [-0.15, -0.1) is 0 Å². The minimum atomic E-state index is -0.814. The number of allylic oxidation sites excluding steroid dienone is 1. The fourth-order valence-electron chi connectivity index (χ4n) is 8.13. The molecule has 1 spiro atoms. The van der Waals surface area contributed by atoms with Gasteiger partial charge in [0.1, 0.15) is 11.5 Å². The summed E-state index contributed by atoms with van der Waals surface area (Å²) in [5.41, 5.74) is 10.1. The van der Waals surface area contributed by atoms with Gasteiger partial charge in [0.05, 0.1) is 13.2 Å². The Morgan fingerprint density at radius 2 is 1.30 bits per heavy atom. The highest BCUT2D eigenvalue weighted by Gasteiger charge is 2.49. The molecular weight excluding hydrogens is 578 g/mol. The molecule has 1 fully saturated rings. The van der Waals surface area contributed by atoms with Gasteiger partial charge in [0.25, 0.3) is 0 Å². The van der Waals surface area contributed by atoms with E-state index in [0.29, 0.717) is 0 Å². The van der Waals surface area contributed by atoms with Gasteiger partial charge >= 0.3 is 0 Å². The first kappa shape index (κ1) is 28.2. The molecule has 9 rings (SSSR count). The Bertz CT molecular complexity index is 2150. The monoisotopic (exact) mass is 615 g/mol. The fourth-order valence-corrected chi connectivity index (χ4v) is 8.13. The average Bonchev–Trinajstić information content (AvgIpc) is 3.34. The fraction of sp³-hybridized carbons (Fsp3) is 0.209. The van der Waals surface area contributed by atoms with E-state index in [1.54, 1.807) is 0 Å². The second-order valence-electron chi connectivity index (χ2n) is 13.1. The number of hydrogen-bond acceptors (Lipinski definition) is 4. The highest BCUT2D eigenvalue weighted by atomic mass is 16.5. The van der Waals surface area contributed by atoms with Gasteiger partial charge in [0.15, 0.2) is 11.2 Å². The van der Waals surface area contributed by atoms with Crippen LogP contribution in [0.5, 0.6) is 11.5 Å². The third-order valence-electron chi connectivity index (χ3n) is 10.7. The normalized spacial score (nSPS) is 22.6. The third kappa shape index (κ3) is 4.04. The van der Waals surface area contributed by atoms with E-state index in [0.717, 1.165) is 71.0 Å². The lowest BCUT2D eigenvalue weighted by molar-refractivity contribution is 0.122. The first-order valence-electron chi connectivity index (χ1n) is 16.6. The van der Waals surface area contributed by atoms with Gasteiger partial charge < -0.3 is 19.1 Å². The summed E-state index contributed by atoms with van der Waals surface area (Å²) in [4.78, 5) is 2.39. The smallest absolute Gasteiger partial charge is 0.178 e. The molecule has 1 aliphatic carbocycles. The molecule has 0 saturated carbocycles. The van der Waals surface area contributed by atoms with Crippen molar-refractivity contribution >= 4 is 34.2 Å². The summed E-state index contributed by atoms with van der Waals surface area (Å²) in [6.07, 6.45) is 9.06. The zero-order valence-electron chi connectivity index (χ0n) is 27.0. The van der Waals surface area contributed by atoms with Gasteiger partial charge in [-0.2, -0.15) is 0 Å². The lowest BCUT2D eigenvalue weighted by Crippen LogP contribution is -2.37. The molecule has 1 saturated heterocycles. The lowest BCUT2D eigenvalue weighted by Gasteiger charge is -2.40. The van der Waals surface area contributed by atoms with E-state index in [9.17, 15) is 0 Å². The molecule has 4 aliphatic rings. The summed E-state index contributed by atoms with van der Waals surface area (Å²) in [5, 5.41) is 2.29. The van der Waals surface area contributed by atoms with Crippen molar-refractivity contribution in [2.24, 2.45) is 0 Å². The van der Waals surface area contributed by atoms with Crippen LogP contribution in [0.1, 0.15) is 52.8 Å². The maximum atomic E-state index is 7.49. The molecule has 47 heavy (non-hydrogen) atoms. The third-order valence-corrected chi connectivity index (χ3v) is 10.7. The Labute approximate surface area is 276 Å². The molecule has 2 unspecified atom stereocenters. The van der Waals surface area contributed by atoms with Gasteiger partial charge in [-0.3, -0.25) is 0 Å². The molecular formula is C43H37NO3. The Balaban J connectivity index is 1.26. The highest BCUT2D eigenvalue weighted by Crippen LogP contribution is 2.58. The molecule has 5 aromatic rings. The predicted octanol–water partition coefficient (Wildman–Crippen LogP) is 9.44. The maximum Gasteiger partial charge on any atom is 0.178 e. The first-order valence-corrected chi connectivity index (χ1v) is 16.6. The van der Waals surface area contributed by atoms with E-state index < -0.39 is 11.2 Å². The molecule has 0 radical (unpaired) electrons. The zero-order chi connectivity index (χ0) is 31.8. The van der Waals surface area contributed by atoms with E-state index in [-0.39, 0.29) is 0 Å². The molecule has 0 N–H and O–H groups in total. The molecule has 3 aliphatic heterocycles. The van der Waals surface area contributed by atoms with Gasteiger partial charge in [0.2, 0.25) is 0 Å². The second kappa shape index (κ2) is 10.5. The van der Waals surface area contributed by atoms with Crippen molar-refractivity contribution in [3.63, 3.8) is 0 Å². The zero-order valence-corrected chi connectivity index (χ0v) is 27.0. The molecule has 4 nitrogen and oxygen atoms in total. The van der Waals surface area contributed by atoms with Crippen LogP contribution in [0, 0.1) is 6.92 Å². The van der Waals surface area contributed by atoms with E-state index in [1.165, 1.54) is 33.3 Å². The van der Waals surface area contributed by atoms with E-state index in [1.807, 2.05) is 0 Å². The largest absolute Gasteiger partial charge is 0.473 e. The van der Waals surface area contributed by atoms with Crippen LogP contribution in [0.25, 0.3) is 28.5 Å². The first-order chi connectivity index (χ1) is 23.0. The molecule has 2 atom stereocenters. The lowest BCUT2D eigenvalue weighted by atomic mass is 9.79. The number of anilines is 1. The average molecular weight is 616 g/mol. The van der Waals surface area contributed by atoms with E-state index >= 15 is 0 Å². The number of benzene rings is 5. The molecule has 0 bridgehead atoms. The molecule has 3 heterocycles. The van der Waals surface area contributed by atoms with Crippen LogP contribution in [-0.4, -0.2) is 26.3 Å². The van der Waals surface area contributed by atoms with Crippen molar-refractivity contribution in [3.05, 3.63) is 154 Å². The van der Waals surface area contributed by atoms with Crippen LogP contribution in [0.3, 0.4) is 0 Å². The number of morpholine rings is 1. The van der Waals surface area contributed by atoms with Crippen molar-refractivity contribution in [2.75, 3.05) is 31.2 Å². The van der Waals surface area contributed by atoms with Crippen LogP contribution >= 0.6 is 0 Å². The van der Waals surface area contributed by atoms with Crippen molar-refractivity contribution in [2.45, 2.75) is 32.0 Å². The van der Waals surface area contributed by atoms with Crippen LogP contribution in [0.15, 0.2) is 115 Å². The number of ether oxygens (including phenoxy) is 3. The predicted molar refractivity (Wildman–Crippen MR) is 191 cm³/mol. The molecule has 0 amide bonds. The van der Waals surface area contributed by atoms with Gasteiger partial charge in [-0.05, 0) is 78.8 Å². The molecule has 5 aromatic carbocycles. The Morgan fingerprint density at radius 1 is 0.617 bits per heavy atom. The summed E-state index contributed by atoms with van der Waals surface area (Å²) in [6.45, 7) is 9.92.